The van der Waals surface area contributed by atoms with Crippen molar-refractivity contribution in [2.75, 3.05) is 13.1 Å². The summed E-state index contributed by atoms with van der Waals surface area (Å²) in [5.74, 6) is 0.459. The highest BCUT2D eigenvalue weighted by molar-refractivity contribution is 7.89. The van der Waals surface area contributed by atoms with Crippen LogP contribution in [0.15, 0.2) is 23.1 Å². The molecule has 1 saturated heterocycles. The van der Waals surface area contributed by atoms with Crippen LogP contribution in [-0.2, 0) is 16.6 Å². The zero-order chi connectivity index (χ0) is 15.6. The van der Waals surface area contributed by atoms with Crippen LogP contribution in [0.1, 0.15) is 32.3 Å². The molecule has 1 heterocycles. The molecule has 0 aliphatic carbocycles. The zero-order valence-corrected chi connectivity index (χ0v) is 13.2. The van der Waals surface area contributed by atoms with E-state index in [4.69, 9.17) is 0 Å². The molecule has 1 aromatic carbocycles. The number of piperidine rings is 1. The smallest absolute Gasteiger partial charge is 0.243 e. The van der Waals surface area contributed by atoms with Crippen molar-refractivity contribution in [3.05, 3.63) is 29.6 Å². The third kappa shape index (κ3) is 3.44. The normalized spacial score (nSPS) is 18.3. The molecule has 118 valence electrons. The molecule has 4 nitrogen and oxygen atoms in total. The Morgan fingerprint density at radius 1 is 1.33 bits per heavy atom. The van der Waals surface area contributed by atoms with Gasteiger partial charge in [0.05, 0.1) is 11.5 Å². The van der Waals surface area contributed by atoms with E-state index in [1.165, 1.54) is 10.4 Å². The van der Waals surface area contributed by atoms with E-state index >= 15 is 0 Å². The molecule has 0 bridgehead atoms. The topological polar surface area (TPSA) is 57.6 Å². The van der Waals surface area contributed by atoms with Gasteiger partial charge in [0.1, 0.15) is 5.82 Å². The number of aliphatic hydroxyl groups is 1. The maximum Gasteiger partial charge on any atom is 0.243 e. The quantitative estimate of drug-likeness (QED) is 0.928. The van der Waals surface area contributed by atoms with E-state index in [9.17, 15) is 17.9 Å². The second-order valence-corrected chi connectivity index (χ2v) is 7.80. The summed E-state index contributed by atoms with van der Waals surface area (Å²) in [5, 5.41) is 9.28. The third-order valence-electron chi connectivity index (χ3n) is 4.26. The van der Waals surface area contributed by atoms with E-state index in [0.717, 1.165) is 25.0 Å². The molecule has 6 heteroatoms. The van der Waals surface area contributed by atoms with Gasteiger partial charge in [0.15, 0.2) is 0 Å². The number of sulfonamides is 1. The van der Waals surface area contributed by atoms with Crippen LogP contribution in [0, 0.1) is 17.7 Å². The van der Waals surface area contributed by atoms with E-state index in [1.54, 1.807) is 0 Å². The molecule has 1 N–H and O–H groups in total. The van der Waals surface area contributed by atoms with Crippen molar-refractivity contribution < 1.29 is 17.9 Å². The predicted molar refractivity (Wildman–Crippen MR) is 78.6 cm³/mol. The van der Waals surface area contributed by atoms with Crippen molar-refractivity contribution >= 4 is 10.0 Å². The summed E-state index contributed by atoms with van der Waals surface area (Å²) in [6, 6.07) is 3.48. The Labute approximate surface area is 125 Å². The first-order valence-corrected chi connectivity index (χ1v) is 8.69. The Bertz CT molecular complexity index is 593. The molecule has 1 fully saturated rings. The van der Waals surface area contributed by atoms with E-state index < -0.39 is 22.4 Å². The average Bonchev–Trinajstić information content (AvgIpc) is 2.47. The van der Waals surface area contributed by atoms with Gasteiger partial charge in [-0.3, -0.25) is 0 Å². The standard InChI is InChI=1S/C15H22FNO3S/c1-11(2)12-5-7-17(8-6-12)21(19,20)15-9-14(16)4-3-13(15)10-18/h3-4,9,11-12,18H,5-8,10H2,1-2H3. The Kier molecular flexibility index (Phi) is 5.01. The molecule has 0 spiro atoms. The molecule has 1 aliphatic heterocycles. The van der Waals surface area contributed by atoms with Crippen LogP contribution in [0.5, 0.6) is 0 Å². The molecule has 0 saturated carbocycles. The second kappa shape index (κ2) is 6.42. The van der Waals surface area contributed by atoms with E-state index in [2.05, 4.69) is 13.8 Å². The molecule has 0 atom stereocenters. The summed E-state index contributed by atoms with van der Waals surface area (Å²) >= 11 is 0. The predicted octanol–water partition coefficient (Wildman–Crippen LogP) is 2.37. The molecule has 0 amide bonds. The van der Waals surface area contributed by atoms with E-state index in [-0.39, 0.29) is 10.5 Å². The average molecular weight is 315 g/mol. The number of benzene rings is 1. The van der Waals surface area contributed by atoms with Gasteiger partial charge in [0, 0.05) is 13.1 Å². The monoisotopic (exact) mass is 315 g/mol. The van der Waals surface area contributed by atoms with Crippen molar-refractivity contribution in [3.8, 4) is 0 Å². The van der Waals surface area contributed by atoms with Gasteiger partial charge >= 0.3 is 0 Å². The van der Waals surface area contributed by atoms with E-state index in [1.807, 2.05) is 0 Å². The molecule has 0 aromatic heterocycles. The van der Waals surface area contributed by atoms with Gasteiger partial charge in [-0.25, -0.2) is 12.8 Å². The second-order valence-electron chi connectivity index (χ2n) is 5.90. The van der Waals surface area contributed by atoms with Crippen LogP contribution in [0.2, 0.25) is 0 Å². The first kappa shape index (κ1) is 16.4. The molecule has 0 radical (unpaired) electrons. The number of nitrogens with zero attached hydrogens (tertiary/aromatic N) is 1. The lowest BCUT2D eigenvalue weighted by atomic mass is 9.87. The van der Waals surface area contributed by atoms with Gasteiger partial charge in [-0.1, -0.05) is 19.9 Å². The minimum atomic E-state index is -3.74. The highest BCUT2D eigenvalue weighted by Gasteiger charge is 2.31. The molecule has 1 aliphatic rings. The molecule has 1 aromatic rings. The number of aliphatic hydroxyl groups excluding tert-OH is 1. The minimum Gasteiger partial charge on any atom is -0.392 e. The number of hydrogen-bond donors (Lipinski definition) is 1. The summed E-state index contributed by atoms with van der Waals surface area (Å²) in [5.41, 5.74) is 0.238. The summed E-state index contributed by atoms with van der Waals surface area (Å²) in [4.78, 5) is -0.118. The molecular formula is C15H22FNO3S. The first-order valence-electron chi connectivity index (χ1n) is 7.25. The number of hydrogen-bond acceptors (Lipinski definition) is 3. The van der Waals surface area contributed by atoms with Crippen molar-refractivity contribution in [1.29, 1.82) is 0 Å². The fraction of sp³-hybridized carbons (Fsp3) is 0.600. The van der Waals surface area contributed by atoms with Crippen LogP contribution >= 0.6 is 0 Å². The maximum atomic E-state index is 13.4. The highest BCUT2D eigenvalue weighted by Crippen LogP contribution is 2.29. The van der Waals surface area contributed by atoms with Gasteiger partial charge < -0.3 is 5.11 Å². The molecular weight excluding hydrogens is 293 g/mol. The van der Waals surface area contributed by atoms with E-state index in [0.29, 0.717) is 24.9 Å². The lowest BCUT2D eigenvalue weighted by Crippen LogP contribution is -2.39. The van der Waals surface area contributed by atoms with Gasteiger partial charge in [0.2, 0.25) is 10.0 Å². The Morgan fingerprint density at radius 2 is 1.95 bits per heavy atom. The minimum absolute atomic E-state index is 0.118. The van der Waals surface area contributed by atoms with Gasteiger partial charge in [-0.15, -0.1) is 0 Å². The summed E-state index contributed by atoms with van der Waals surface area (Å²) < 4.78 is 40.1. The molecule has 2 rings (SSSR count). The van der Waals surface area contributed by atoms with Gasteiger partial charge in [-0.05, 0) is 42.4 Å². The Morgan fingerprint density at radius 3 is 2.48 bits per heavy atom. The SMILES string of the molecule is CC(C)C1CCN(S(=O)(=O)c2cc(F)ccc2CO)CC1. The number of rotatable bonds is 4. The first-order chi connectivity index (χ1) is 9.86. The highest BCUT2D eigenvalue weighted by atomic mass is 32.2. The van der Waals surface area contributed by atoms with Crippen LogP contribution in [0.3, 0.4) is 0 Å². The van der Waals surface area contributed by atoms with Crippen LogP contribution < -0.4 is 0 Å². The third-order valence-corrected chi connectivity index (χ3v) is 6.24. The van der Waals surface area contributed by atoms with Gasteiger partial charge in [-0.2, -0.15) is 4.31 Å². The fourth-order valence-electron chi connectivity index (χ4n) is 2.82. The van der Waals surface area contributed by atoms with Crippen LogP contribution in [0.4, 0.5) is 4.39 Å². The lowest BCUT2D eigenvalue weighted by Gasteiger charge is -2.33. The summed E-state index contributed by atoms with van der Waals surface area (Å²) in [6.45, 7) is 4.77. The van der Waals surface area contributed by atoms with Gasteiger partial charge in [0.25, 0.3) is 0 Å². The largest absolute Gasteiger partial charge is 0.392 e. The lowest BCUT2D eigenvalue weighted by molar-refractivity contribution is 0.226. The fourth-order valence-corrected chi connectivity index (χ4v) is 4.52. The number of halogens is 1. The zero-order valence-electron chi connectivity index (χ0n) is 12.4. The van der Waals surface area contributed by atoms with Crippen LogP contribution in [-0.4, -0.2) is 30.9 Å². The maximum absolute atomic E-state index is 13.4. The van der Waals surface area contributed by atoms with Crippen molar-refractivity contribution in [3.63, 3.8) is 0 Å². The molecule has 21 heavy (non-hydrogen) atoms. The van der Waals surface area contributed by atoms with Crippen molar-refractivity contribution in [2.24, 2.45) is 11.8 Å². The van der Waals surface area contributed by atoms with Crippen molar-refractivity contribution in [1.82, 2.24) is 4.31 Å². The van der Waals surface area contributed by atoms with Crippen LogP contribution in [0.25, 0.3) is 0 Å². The Hall–Kier alpha value is -0.980. The summed E-state index contributed by atoms with van der Waals surface area (Å²) in [7, 11) is -3.74. The summed E-state index contributed by atoms with van der Waals surface area (Å²) in [6.07, 6.45) is 1.64. The van der Waals surface area contributed by atoms with Crippen molar-refractivity contribution in [2.45, 2.75) is 38.2 Å². The molecule has 0 unspecified atom stereocenters. The Balaban J connectivity index is 2.25.